The maximum atomic E-state index is 13.0. The summed E-state index contributed by atoms with van der Waals surface area (Å²) in [7, 11) is -7.29. The Morgan fingerprint density at radius 1 is 0.839 bits per heavy atom. The summed E-state index contributed by atoms with van der Waals surface area (Å²) in [5.74, 6) is 0.322. The molecular weight excluding hydrogens is 440 g/mol. The van der Waals surface area contributed by atoms with Crippen molar-refractivity contribution in [2.45, 2.75) is 36.5 Å². The number of hydrogen-bond acceptors (Lipinski definition) is 6. The molecule has 3 rings (SSSR count). The number of rotatable bonds is 8. The molecule has 11 heteroatoms. The second-order valence-corrected chi connectivity index (χ2v) is 12.3. The lowest BCUT2D eigenvalue weighted by molar-refractivity contribution is -0.122. The van der Waals surface area contributed by atoms with E-state index in [0.717, 1.165) is 12.8 Å². The molecule has 0 saturated carbocycles. The van der Waals surface area contributed by atoms with Gasteiger partial charge < -0.3 is 5.32 Å². The van der Waals surface area contributed by atoms with Gasteiger partial charge >= 0.3 is 0 Å². The van der Waals surface area contributed by atoms with Crippen LogP contribution in [0.25, 0.3) is 0 Å². The number of sulfonamides is 2. The van der Waals surface area contributed by atoms with Crippen LogP contribution in [0.15, 0.2) is 34.1 Å². The van der Waals surface area contributed by atoms with Crippen molar-refractivity contribution in [2.75, 3.05) is 52.4 Å². The monoisotopic (exact) mass is 472 g/mol. The Morgan fingerprint density at radius 2 is 1.29 bits per heavy atom. The van der Waals surface area contributed by atoms with Crippen LogP contribution in [-0.2, 0) is 24.8 Å². The van der Waals surface area contributed by atoms with Gasteiger partial charge in [-0.1, -0.05) is 13.8 Å². The van der Waals surface area contributed by atoms with E-state index in [2.05, 4.69) is 5.32 Å². The average molecular weight is 473 g/mol. The number of nitrogens with one attached hydrogen (secondary N) is 1. The lowest BCUT2D eigenvalue weighted by Crippen LogP contribution is -2.51. The molecule has 0 aromatic heterocycles. The highest BCUT2D eigenvalue weighted by Gasteiger charge is 2.31. The van der Waals surface area contributed by atoms with Crippen LogP contribution >= 0.6 is 0 Å². The maximum absolute atomic E-state index is 13.0. The second kappa shape index (κ2) is 9.95. The molecule has 2 fully saturated rings. The van der Waals surface area contributed by atoms with E-state index in [1.54, 1.807) is 0 Å². The van der Waals surface area contributed by atoms with Crippen LogP contribution in [0.1, 0.15) is 26.7 Å². The molecule has 0 spiro atoms. The third-order valence-corrected chi connectivity index (χ3v) is 9.40. The Morgan fingerprint density at radius 3 is 1.74 bits per heavy atom. The van der Waals surface area contributed by atoms with Crippen molar-refractivity contribution >= 4 is 26.0 Å². The molecule has 1 amide bonds. The molecule has 2 heterocycles. The fourth-order valence-corrected chi connectivity index (χ4v) is 6.65. The highest BCUT2D eigenvalue weighted by Crippen LogP contribution is 2.24. The Balaban J connectivity index is 1.59. The minimum absolute atomic E-state index is 0.0557. The van der Waals surface area contributed by atoms with Crippen molar-refractivity contribution in [1.82, 2.24) is 18.8 Å². The van der Waals surface area contributed by atoms with E-state index in [1.165, 1.54) is 32.9 Å². The van der Waals surface area contributed by atoms with E-state index >= 15 is 0 Å². The van der Waals surface area contributed by atoms with Gasteiger partial charge in [0.15, 0.2) is 0 Å². The van der Waals surface area contributed by atoms with Crippen molar-refractivity contribution in [1.29, 1.82) is 0 Å². The number of carbonyl (C=O) groups excluding carboxylic acids is 1. The minimum atomic E-state index is -3.72. The van der Waals surface area contributed by atoms with E-state index in [9.17, 15) is 21.6 Å². The molecule has 0 aliphatic carbocycles. The molecule has 1 aromatic rings. The smallest absolute Gasteiger partial charge is 0.243 e. The van der Waals surface area contributed by atoms with E-state index in [-0.39, 0.29) is 35.3 Å². The molecular formula is C20H32N4O5S2. The highest BCUT2D eigenvalue weighted by atomic mass is 32.2. The van der Waals surface area contributed by atoms with E-state index in [1.807, 2.05) is 18.7 Å². The third kappa shape index (κ3) is 5.83. The lowest BCUT2D eigenvalue weighted by atomic mass is 10.2. The van der Waals surface area contributed by atoms with Gasteiger partial charge in [-0.05, 0) is 43.0 Å². The molecule has 0 atom stereocenters. The number of amides is 1. The second-order valence-electron chi connectivity index (χ2n) is 8.46. The predicted octanol–water partition coefficient (Wildman–Crippen LogP) is 0.550. The summed E-state index contributed by atoms with van der Waals surface area (Å²) in [6.07, 6.45) is 1.69. The summed E-state index contributed by atoms with van der Waals surface area (Å²) in [6.45, 7) is 7.44. The van der Waals surface area contributed by atoms with Gasteiger partial charge in [0.1, 0.15) is 0 Å². The average Bonchev–Trinajstić information content (AvgIpc) is 3.29. The normalized spacial score (nSPS) is 19.7. The molecule has 9 nitrogen and oxygen atoms in total. The fourth-order valence-electron chi connectivity index (χ4n) is 3.72. The van der Waals surface area contributed by atoms with Crippen LogP contribution in [0.3, 0.4) is 0 Å². The zero-order valence-corrected chi connectivity index (χ0v) is 19.8. The highest BCUT2D eigenvalue weighted by molar-refractivity contribution is 7.89. The third-order valence-electron chi connectivity index (χ3n) is 5.57. The van der Waals surface area contributed by atoms with Crippen LogP contribution in [0, 0.1) is 5.92 Å². The maximum Gasteiger partial charge on any atom is 0.243 e. The van der Waals surface area contributed by atoms with Crippen LogP contribution < -0.4 is 5.32 Å². The Hall–Kier alpha value is -1.53. The SMILES string of the molecule is CC(C)CNC(=O)CN1CCN(S(=O)(=O)c2ccc(S(=O)(=O)N3CCCC3)cc2)CC1. The van der Waals surface area contributed by atoms with Gasteiger partial charge in [0.25, 0.3) is 0 Å². The number of benzene rings is 1. The van der Waals surface area contributed by atoms with Gasteiger partial charge in [0, 0.05) is 45.8 Å². The Bertz CT molecular complexity index is 963. The fraction of sp³-hybridized carbons (Fsp3) is 0.650. The van der Waals surface area contributed by atoms with Gasteiger partial charge in [-0.2, -0.15) is 8.61 Å². The molecule has 1 N–H and O–H groups in total. The summed E-state index contributed by atoms with van der Waals surface area (Å²) < 4.78 is 54.0. The first-order valence-corrected chi connectivity index (χ1v) is 13.6. The first-order valence-electron chi connectivity index (χ1n) is 10.7. The molecule has 1 aromatic carbocycles. The van der Waals surface area contributed by atoms with Crippen molar-refractivity contribution in [2.24, 2.45) is 5.92 Å². The van der Waals surface area contributed by atoms with Gasteiger partial charge in [-0.25, -0.2) is 16.8 Å². The van der Waals surface area contributed by atoms with Crippen molar-refractivity contribution in [3.8, 4) is 0 Å². The quantitative estimate of drug-likeness (QED) is 0.592. The summed E-state index contributed by atoms with van der Waals surface area (Å²) in [6, 6.07) is 5.47. The molecule has 0 radical (unpaired) electrons. The van der Waals surface area contributed by atoms with Crippen molar-refractivity contribution < 1.29 is 21.6 Å². The minimum Gasteiger partial charge on any atom is -0.355 e. The van der Waals surface area contributed by atoms with Crippen molar-refractivity contribution in [3.05, 3.63) is 24.3 Å². The Labute approximate surface area is 185 Å². The molecule has 2 aliphatic rings. The van der Waals surface area contributed by atoms with Crippen LogP contribution in [-0.4, -0.2) is 88.6 Å². The van der Waals surface area contributed by atoms with Crippen LogP contribution in [0.2, 0.25) is 0 Å². The molecule has 31 heavy (non-hydrogen) atoms. The summed E-state index contributed by atoms with van der Waals surface area (Å²) in [5.41, 5.74) is 0. The number of hydrogen-bond donors (Lipinski definition) is 1. The lowest BCUT2D eigenvalue weighted by Gasteiger charge is -2.33. The first-order chi connectivity index (χ1) is 14.6. The molecule has 0 bridgehead atoms. The van der Waals surface area contributed by atoms with Crippen molar-refractivity contribution in [3.63, 3.8) is 0 Å². The van der Waals surface area contributed by atoms with Gasteiger partial charge in [0.2, 0.25) is 26.0 Å². The largest absolute Gasteiger partial charge is 0.355 e. The van der Waals surface area contributed by atoms with E-state index in [4.69, 9.17) is 0 Å². The van der Waals surface area contributed by atoms with Crippen LogP contribution in [0.5, 0.6) is 0 Å². The number of piperazine rings is 1. The van der Waals surface area contributed by atoms with Crippen LogP contribution in [0.4, 0.5) is 0 Å². The molecule has 174 valence electrons. The Kier molecular flexibility index (Phi) is 7.74. The zero-order valence-electron chi connectivity index (χ0n) is 18.2. The predicted molar refractivity (Wildman–Crippen MR) is 117 cm³/mol. The summed E-state index contributed by atoms with van der Waals surface area (Å²) >= 11 is 0. The van der Waals surface area contributed by atoms with Gasteiger partial charge in [0.05, 0.1) is 16.3 Å². The molecule has 2 saturated heterocycles. The first kappa shape index (κ1) is 24.1. The van der Waals surface area contributed by atoms with E-state index < -0.39 is 20.0 Å². The molecule has 2 aliphatic heterocycles. The molecule has 0 unspecified atom stereocenters. The van der Waals surface area contributed by atoms with E-state index in [0.29, 0.717) is 38.6 Å². The number of nitrogens with zero attached hydrogens (tertiary/aromatic N) is 3. The van der Waals surface area contributed by atoms with Gasteiger partial charge in [-0.15, -0.1) is 0 Å². The number of carbonyl (C=O) groups is 1. The zero-order chi connectivity index (χ0) is 22.6. The topological polar surface area (TPSA) is 107 Å². The van der Waals surface area contributed by atoms with Gasteiger partial charge in [-0.3, -0.25) is 9.69 Å². The standard InChI is InChI=1S/C20H32N4O5S2/c1-17(2)15-21-20(25)16-22-11-13-24(14-12-22)31(28,29)19-7-5-18(6-8-19)30(26,27)23-9-3-4-10-23/h5-8,17H,3-4,9-16H2,1-2H3,(H,21,25). The summed E-state index contributed by atoms with van der Waals surface area (Å²) in [5, 5.41) is 2.87. The summed E-state index contributed by atoms with van der Waals surface area (Å²) in [4.78, 5) is 14.1.